The van der Waals surface area contributed by atoms with E-state index in [0.29, 0.717) is 6.04 Å². The molecule has 2 aromatic heterocycles. The van der Waals surface area contributed by atoms with E-state index in [4.69, 9.17) is 5.73 Å². The highest BCUT2D eigenvalue weighted by molar-refractivity contribution is 7.10. The fraction of sp³-hybridized carbons (Fsp3) is 0.500. The fourth-order valence-corrected chi connectivity index (χ4v) is 2.97. The average Bonchev–Trinajstić information content (AvgIpc) is 2.98. The van der Waals surface area contributed by atoms with Gasteiger partial charge in [-0.15, -0.1) is 11.3 Å². The Labute approximate surface area is 118 Å². The number of hydrogen-bond acceptors (Lipinski definition) is 4. The molecule has 0 aliphatic heterocycles. The summed E-state index contributed by atoms with van der Waals surface area (Å²) in [6, 6.07) is 4.82. The van der Waals surface area contributed by atoms with Crippen molar-refractivity contribution >= 4 is 22.8 Å². The first-order valence-corrected chi connectivity index (χ1v) is 7.57. The summed E-state index contributed by atoms with van der Waals surface area (Å²) in [6.07, 6.45) is 1.02. The first-order valence-electron chi connectivity index (χ1n) is 6.69. The van der Waals surface area contributed by atoms with Crippen LogP contribution in [0.15, 0.2) is 17.5 Å². The van der Waals surface area contributed by atoms with Crippen LogP contribution in [-0.4, -0.2) is 9.78 Å². The van der Waals surface area contributed by atoms with E-state index in [-0.39, 0.29) is 6.04 Å². The maximum atomic E-state index is 6.16. The van der Waals surface area contributed by atoms with Crippen LogP contribution < -0.4 is 11.1 Å². The average molecular weight is 278 g/mol. The third kappa shape index (κ3) is 2.76. The number of anilines is 2. The van der Waals surface area contributed by atoms with Crippen LogP contribution in [0.5, 0.6) is 0 Å². The number of hydrogen-bond donors (Lipinski definition) is 2. The highest BCUT2D eigenvalue weighted by Crippen LogP contribution is 2.31. The zero-order valence-electron chi connectivity index (χ0n) is 12.0. The number of nitrogen functional groups attached to an aromatic ring is 1. The Kier molecular flexibility index (Phi) is 4.14. The van der Waals surface area contributed by atoms with Crippen molar-refractivity contribution in [2.45, 2.75) is 46.2 Å². The zero-order chi connectivity index (χ0) is 14.0. The van der Waals surface area contributed by atoms with Crippen molar-refractivity contribution in [1.29, 1.82) is 0 Å². The minimum Gasteiger partial charge on any atom is -0.394 e. The van der Waals surface area contributed by atoms with Crippen molar-refractivity contribution in [1.82, 2.24) is 9.78 Å². The van der Waals surface area contributed by atoms with Gasteiger partial charge in [-0.25, -0.2) is 4.68 Å². The van der Waals surface area contributed by atoms with Crippen LogP contribution in [0.3, 0.4) is 0 Å². The molecule has 3 N–H and O–H groups in total. The Morgan fingerprint density at radius 1 is 1.47 bits per heavy atom. The summed E-state index contributed by atoms with van der Waals surface area (Å²) in [5.74, 6) is 0.938. The molecule has 0 aliphatic carbocycles. The number of nitrogens with zero attached hydrogens (tertiary/aromatic N) is 2. The summed E-state index contributed by atoms with van der Waals surface area (Å²) in [4.78, 5) is 1.33. The molecule has 2 aromatic rings. The minimum atomic E-state index is 0.288. The largest absolute Gasteiger partial charge is 0.394 e. The van der Waals surface area contributed by atoms with Crippen molar-refractivity contribution < 1.29 is 0 Å². The number of rotatable bonds is 5. The van der Waals surface area contributed by atoms with E-state index >= 15 is 0 Å². The van der Waals surface area contributed by atoms with Gasteiger partial charge in [0.15, 0.2) is 0 Å². The van der Waals surface area contributed by atoms with Crippen molar-refractivity contribution in [2.75, 3.05) is 11.1 Å². The van der Waals surface area contributed by atoms with Gasteiger partial charge in [-0.3, -0.25) is 0 Å². The Morgan fingerprint density at radius 2 is 2.21 bits per heavy atom. The van der Waals surface area contributed by atoms with Gasteiger partial charge in [0.1, 0.15) is 5.82 Å². The molecule has 2 heterocycles. The van der Waals surface area contributed by atoms with Gasteiger partial charge in [-0.2, -0.15) is 5.10 Å². The lowest BCUT2D eigenvalue weighted by Crippen LogP contribution is -2.15. The third-order valence-electron chi connectivity index (χ3n) is 3.23. The maximum Gasteiger partial charge on any atom is 0.148 e. The Balaban J connectivity index is 2.31. The van der Waals surface area contributed by atoms with E-state index in [0.717, 1.165) is 23.6 Å². The van der Waals surface area contributed by atoms with Crippen LogP contribution in [0.1, 0.15) is 49.8 Å². The van der Waals surface area contributed by atoms with Gasteiger partial charge in [0.05, 0.1) is 17.4 Å². The molecule has 104 valence electrons. The molecule has 0 spiro atoms. The molecular formula is C14H22N4S. The lowest BCUT2D eigenvalue weighted by molar-refractivity contribution is 0.530. The van der Waals surface area contributed by atoms with Gasteiger partial charge in [-0.1, -0.05) is 13.0 Å². The molecule has 0 bridgehead atoms. The Bertz CT molecular complexity index is 528. The second-order valence-electron chi connectivity index (χ2n) is 5.01. The van der Waals surface area contributed by atoms with Gasteiger partial charge in [0, 0.05) is 10.9 Å². The maximum absolute atomic E-state index is 6.16. The van der Waals surface area contributed by atoms with E-state index in [2.05, 4.69) is 48.7 Å². The van der Waals surface area contributed by atoms with Gasteiger partial charge in [0.2, 0.25) is 0 Å². The predicted octanol–water partition coefficient (Wildman–Crippen LogP) is 3.98. The molecule has 0 amide bonds. The van der Waals surface area contributed by atoms with E-state index in [1.54, 1.807) is 11.3 Å². The van der Waals surface area contributed by atoms with Gasteiger partial charge in [-0.05, 0) is 38.6 Å². The van der Waals surface area contributed by atoms with Gasteiger partial charge < -0.3 is 11.1 Å². The summed E-state index contributed by atoms with van der Waals surface area (Å²) < 4.78 is 1.97. The standard InChI is InChI=1S/C14H22N4S/c1-5-11(12-7-6-8-19-12)16-14-13(15)10(4)17-18(14)9(2)3/h6-9,11,16H,5,15H2,1-4H3. The molecule has 0 radical (unpaired) electrons. The minimum absolute atomic E-state index is 0.288. The summed E-state index contributed by atoms with van der Waals surface area (Å²) in [5.41, 5.74) is 7.79. The first-order chi connectivity index (χ1) is 9.04. The molecule has 0 fully saturated rings. The molecule has 0 saturated carbocycles. The number of aryl methyl sites for hydroxylation is 1. The second-order valence-corrected chi connectivity index (χ2v) is 5.99. The number of aromatic nitrogens is 2. The van der Waals surface area contributed by atoms with Crippen LogP contribution in [0.25, 0.3) is 0 Å². The van der Waals surface area contributed by atoms with Crippen molar-refractivity contribution in [2.24, 2.45) is 0 Å². The topological polar surface area (TPSA) is 55.9 Å². The van der Waals surface area contributed by atoms with Crippen LogP contribution in [-0.2, 0) is 0 Å². The number of thiophene rings is 1. The van der Waals surface area contributed by atoms with Crippen molar-refractivity contribution in [3.63, 3.8) is 0 Å². The van der Waals surface area contributed by atoms with Crippen LogP contribution >= 0.6 is 11.3 Å². The smallest absolute Gasteiger partial charge is 0.148 e. The summed E-state index contributed by atoms with van der Waals surface area (Å²) in [6.45, 7) is 8.36. The molecule has 0 aliphatic rings. The van der Waals surface area contributed by atoms with E-state index in [9.17, 15) is 0 Å². The monoisotopic (exact) mass is 278 g/mol. The van der Waals surface area contributed by atoms with Gasteiger partial charge in [0.25, 0.3) is 0 Å². The lowest BCUT2D eigenvalue weighted by Gasteiger charge is -2.20. The molecule has 1 unspecified atom stereocenters. The predicted molar refractivity (Wildman–Crippen MR) is 82.7 cm³/mol. The molecular weight excluding hydrogens is 256 g/mol. The zero-order valence-corrected chi connectivity index (χ0v) is 12.8. The summed E-state index contributed by atoms with van der Waals surface area (Å²) >= 11 is 1.77. The lowest BCUT2D eigenvalue weighted by atomic mass is 10.2. The van der Waals surface area contributed by atoms with E-state index < -0.39 is 0 Å². The van der Waals surface area contributed by atoms with E-state index in [1.807, 2.05) is 11.6 Å². The molecule has 4 nitrogen and oxygen atoms in total. The Hall–Kier alpha value is -1.49. The van der Waals surface area contributed by atoms with Crippen LogP contribution in [0, 0.1) is 6.92 Å². The fourth-order valence-electron chi connectivity index (χ4n) is 2.11. The number of nitrogens with two attached hydrogens (primary N) is 1. The second kappa shape index (κ2) is 5.65. The SMILES string of the molecule is CCC(Nc1c(N)c(C)nn1C(C)C)c1cccs1. The molecule has 2 rings (SSSR count). The quantitative estimate of drug-likeness (QED) is 0.869. The van der Waals surface area contributed by atoms with Crippen molar-refractivity contribution in [3.8, 4) is 0 Å². The molecule has 19 heavy (non-hydrogen) atoms. The first kappa shape index (κ1) is 13.9. The molecule has 0 aromatic carbocycles. The van der Waals surface area contributed by atoms with Crippen molar-refractivity contribution in [3.05, 3.63) is 28.1 Å². The molecule has 1 atom stereocenters. The summed E-state index contributed by atoms with van der Waals surface area (Å²) in [5, 5.41) is 10.2. The van der Waals surface area contributed by atoms with E-state index in [1.165, 1.54) is 4.88 Å². The molecule has 0 saturated heterocycles. The summed E-state index contributed by atoms with van der Waals surface area (Å²) in [7, 11) is 0. The molecule has 5 heteroatoms. The van der Waals surface area contributed by atoms with Crippen LogP contribution in [0.4, 0.5) is 11.5 Å². The normalized spacial score (nSPS) is 12.9. The number of nitrogens with one attached hydrogen (secondary N) is 1. The highest BCUT2D eigenvalue weighted by atomic mass is 32.1. The van der Waals surface area contributed by atoms with Gasteiger partial charge >= 0.3 is 0 Å². The Morgan fingerprint density at radius 3 is 2.74 bits per heavy atom. The highest BCUT2D eigenvalue weighted by Gasteiger charge is 2.18. The third-order valence-corrected chi connectivity index (χ3v) is 4.21. The van der Waals surface area contributed by atoms with Crippen LogP contribution in [0.2, 0.25) is 0 Å².